The van der Waals surface area contributed by atoms with Gasteiger partial charge in [0.1, 0.15) is 0 Å². The lowest BCUT2D eigenvalue weighted by Gasteiger charge is -2.40. The van der Waals surface area contributed by atoms with Gasteiger partial charge in [-0.05, 0) is 31.4 Å². The molecule has 138 valence electrons. The number of hydrogen-bond donors (Lipinski definition) is 1. The van der Waals surface area contributed by atoms with Crippen LogP contribution < -0.4 is 0 Å². The van der Waals surface area contributed by atoms with Crippen LogP contribution in [-0.4, -0.2) is 77.1 Å². The molecule has 1 aromatic rings. The third kappa shape index (κ3) is 4.40. The average molecular weight is 345 g/mol. The number of amides is 1. The Labute approximate surface area is 151 Å². The number of rotatable bonds is 6. The lowest BCUT2D eigenvalue weighted by Crippen LogP contribution is -2.55. The SMILES string of the molecule is CCC(CO)N1CCN(C(=O)C2CCCN2Cc2ccccc2)CC1. The van der Waals surface area contributed by atoms with Gasteiger partial charge >= 0.3 is 0 Å². The smallest absolute Gasteiger partial charge is 0.240 e. The second kappa shape index (κ2) is 8.79. The van der Waals surface area contributed by atoms with Crippen LogP contribution in [0.25, 0.3) is 0 Å². The molecule has 2 unspecified atom stereocenters. The molecule has 2 heterocycles. The molecule has 5 heteroatoms. The summed E-state index contributed by atoms with van der Waals surface area (Å²) in [6.07, 6.45) is 3.03. The van der Waals surface area contributed by atoms with Crippen molar-refractivity contribution >= 4 is 5.91 Å². The molecule has 0 radical (unpaired) electrons. The molecule has 0 bridgehead atoms. The average Bonchev–Trinajstić information content (AvgIpc) is 3.11. The van der Waals surface area contributed by atoms with E-state index in [4.69, 9.17) is 0 Å². The van der Waals surface area contributed by atoms with Crippen LogP contribution >= 0.6 is 0 Å². The molecule has 2 saturated heterocycles. The van der Waals surface area contributed by atoms with Crippen molar-refractivity contribution in [3.05, 3.63) is 35.9 Å². The summed E-state index contributed by atoms with van der Waals surface area (Å²) in [4.78, 5) is 19.7. The Hall–Kier alpha value is -1.43. The molecule has 0 aromatic heterocycles. The first-order chi connectivity index (χ1) is 12.2. The summed E-state index contributed by atoms with van der Waals surface area (Å²) in [6.45, 7) is 7.49. The number of piperazine rings is 1. The van der Waals surface area contributed by atoms with Crippen LogP contribution in [0.1, 0.15) is 31.7 Å². The molecule has 1 amide bonds. The van der Waals surface area contributed by atoms with Crippen molar-refractivity contribution in [3.8, 4) is 0 Å². The zero-order chi connectivity index (χ0) is 17.6. The number of carbonyl (C=O) groups excluding carboxylic acids is 1. The van der Waals surface area contributed by atoms with E-state index in [1.807, 2.05) is 11.0 Å². The van der Waals surface area contributed by atoms with Crippen molar-refractivity contribution in [1.29, 1.82) is 0 Å². The Morgan fingerprint density at radius 2 is 1.88 bits per heavy atom. The van der Waals surface area contributed by atoms with Gasteiger partial charge in [-0.2, -0.15) is 0 Å². The van der Waals surface area contributed by atoms with Gasteiger partial charge in [0.15, 0.2) is 0 Å². The topological polar surface area (TPSA) is 47.0 Å². The van der Waals surface area contributed by atoms with E-state index in [0.717, 1.165) is 58.5 Å². The van der Waals surface area contributed by atoms with Gasteiger partial charge in [-0.15, -0.1) is 0 Å². The lowest BCUT2D eigenvalue weighted by molar-refractivity contribution is -0.138. The molecule has 1 N–H and O–H groups in total. The number of benzene rings is 1. The standard InChI is InChI=1S/C20H31N3O2/c1-2-18(16-24)21-11-13-22(14-12-21)20(25)19-9-6-10-23(19)15-17-7-4-3-5-8-17/h3-5,7-8,18-19,24H,2,6,9-16H2,1H3. The van der Waals surface area contributed by atoms with Crippen molar-refractivity contribution in [1.82, 2.24) is 14.7 Å². The molecular weight excluding hydrogens is 314 g/mol. The molecule has 2 aliphatic rings. The third-order valence-electron chi connectivity index (χ3n) is 5.70. The van der Waals surface area contributed by atoms with Crippen molar-refractivity contribution in [2.24, 2.45) is 0 Å². The van der Waals surface area contributed by atoms with Crippen LogP contribution in [0.15, 0.2) is 30.3 Å². The van der Waals surface area contributed by atoms with Gasteiger partial charge in [-0.3, -0.25) is 14.6 Å². The minimum atomic E-state index is 0.0339. The van der Waals surface area contributed by atoms with Crippen molar-refractivity contribution < 1.29 is 9.90 Å². The highest BCUT2D eigenvalue weighted by molar-refractivity contribution is 5.82. The molecule has 5 nitrogen and oxygen atoms in total. The van der Waals surface area contributed by atoms with Crippen molar-refractivity contribution in [2.75, 3.05) is 39.3 Å². The van der Waals surface area contributed by atoms with E-state index in [1.165, 1.54) is 5.56 Å². The maximum Gasteiger partial charge on any atom is 0.240 e. The molecule has 25 heavy (non-hydrogen) atoms. The maximum absolute atomic E-state index is 13.0. The summed E-state index contributed by atoms with van der Waals surface area (Å²) in [5.41, 5.74) is 1.28. The number of aliphatic hydroxyl groups excluding tert-OH is 1. The van der Waals surface area contributed by atoms with E-state index in [0.29, 0.717) is 5.91 Å². The first-order valence-corrected chi connectivity index (χ1v) is 9.64. The normalized spacial score (nSPS) is 23.8. The molecule has 0 spiro atoms. The minimum absolute atomic E-state index is 0.0339. The molecule has 2 aliphatic heterocycles. The molecule has 0 saturated carbocycles. The summed E-state index contributed by atoms with van der Waals surface area (Å²) >= 11 is 0. The predicted molar refractivity (Wildman–Crippen MR) is 99.2 cm³/mol. The Morgan fingerprint density at radius 1 is 1.16 bits per heavy atom. The fourth-order valence-electron chi connectivity index (χ4n) is 4.13. The molecule has 3 rings (SSSR count). The second-order valence-electron chi connectivity index (χ2n) is 7.22. The van der Waals surface area contributed by atoms with E-state index >= 15 is 0 Å². The van der Waals surface area contributed by atoms with Crippen LogP contribution in [0.4, 0.5) is 0 Å². The number of likely N-dealkylation sites (tertiary alicyclic amines) is 1. The molecule has 1 aromatic carbocycles. The Bertz CT molecular complexity index is 539. The fourth-order valence-corrected chi connectivity index (χ4v) is 4.13. The van der Waals surface area contributed by atoms with Crippen LogP contribution in [-0.2, 0) is 11.3 Å². The largest absolute Gasteiger partial charge is 0.395 e. The second-order valence-corrected chi connectivity index (χ2v) is 7.22. The highest BCUT2D eigenvalue weighted by Crippen LogP contribution is 2.23. The highest BCUT2D eigenvalue weighted by Gasteiger charge is 2.35. The lowest BCUT2D eigenvalue weighted by atomic mass is 10.1. The summed E-state index contributed by atoms with van der Waals surface area (Å²) < 4.78 is 0. The van der Waals surface area contributed by atoms with Crippen molar-refractivity contribution in [2.45, 2.75) is 44.8 Å². The molecular formula is C20H31N3O2. The summed E-state index contributed by atoms with van der Waals surface area (Å²) in [5, 5.41) is 9.47. The summed E-state index contributed by atoms with van der Waals surface area (Å²) in [5.74, 6) is 0.296. The molecule has 0 aliphatic carbocycles. The monoisotopic (exact) mass is 345 g/mol. The zero-order valence-corrected chi connectivity index (χ0v) is 15.3. The molecule has 2 atom stereocenters. The first-order valence-electron chi connectivity index (χ1n) is 9.64. The quantitative estimate of drug-likeness (QED) is 0.850. The zero-order valence-electron chi connectivity index (χ0n) is 15.3. The first kappa shape index (κ1) is 18.4. The van der Waals surface area contributed by atoms with E-state index < -0.39 is 0 Å². The van der Waals surface area contributed by atoms with Crippen LogP contribution in [0.5, 0.6) is 0 Å². The summed E-state index contributed by atoms with van der Waals surface area (Å²) in [7, 11) is 0. The van der Waals surface area contributed by atoms with Crippen molar-refractivity contribution in [3.63, 3.8) is 0 Å². The third-order valence-corrected chi connectivity index (χ3v) is 5.70. The van der Waals surface area contributed by atoms with E-state index in [9.17, 15) is 9.90 Å². The highest BCUT2D eigenvalue weighted by atomic mass is 16.3. The van der Waals surface area contributed by atoms with Gasteiger partial charge in [0.25, 0.3) is 0 Å². The minimum Gasteiger partial charge on any atom is -0.395 e. The van der Waals surface area contributed by atoms with Crippen LogP contribution in [0.3, 0.4) is 0 Å². The van der Waals surface area contributed by atoms with Gasteiger partial charge < -0.3 is 10.0 Å². The van der Waals surface area contributed by atoms with Gasteiger partial charge in [0, 0.05) is 38.8 Å². The number of carbonyl (C=O) groups is 1. The van der Waals surface area contributed by atoms with E-state index in [2.05, 4.69) is 41.0 Å². The van der Waals surface area contributed by atoms with Gasteiger partial charge in [0.05, 0.1) is 12.6 Å². The van der Waals surface area contributed by atoms with Crippen LogP contribution in [0.2, 0.25) is 0 Å². The summed E-state index contributed by atoms with van der Waals surface area (Å²) in [6, 6.07) is 10.7. The van der Waals surface area contributed by atoms with Gasteiger partial charge in [-0.25, -0.2) is 0 Å². The van der Waals surface area contributed by atoms with Crippen LogP contribution in [0, 0.1) is 0 Å². The van der Waals surface area contributed by atoms with Gasteiger partial charge in [0.2, 0.25) is 5.91 Å². The predicted octanol–water partition coefficient (Wildman–Crippen LogP) is 1.57. The van der Waals surface area contributed by atoms with E-state index in [1.54, 1.807) is 0 Å². The number of hydrogen-bond acceptors (Lipinski definition) is 4. The molecule has 2 fully saturated rings. The Balaban J connectivity index is 1.55. The Morgan fingerprint density at radius 3 is 2.52 bits per heavy atom. The van der Waals surface area contributed by atoms with E-state index in [-0.39, 0.29) is 18.7 Å². The number of aliphatic hydroxyl groups is 1. The Kier molecular flexibility index (Phi) is 6.45. The van der Waals surface area contributed by atoms with Gasteiger partial charge in [-0.1, -0.05) is 37.3 Å². The fraction of sp³-hybridized carbons (Fsp3) is 0.650. The number of nitrogens with zero attached hydrogens (tertiary/aromatic N) is 3. The maximum atomic E-state index is 13.0.